The summed E-state index contributed by atoms with van der Waals surface area (Å²) >= 11 is 11.9. The van der Waals surface area contributed by atoms with Gasteiger partial charge in [-0.1, -0.05) is 47.5 Å². The van der Waals surface area contributed by atoms with Crippen LogP contribution in [0.15, 0.2) is 42.5 Å². The maximum Gasteiger partial charge on any atom is 0.319 e. The average molecular weight is 339 g/mol. The first-order chi connectivity index (χ1) is 10.6. The zero-order chi connectivity index (χ0) is 15.9. The second-order valence-electron chi connectivity index (χ2n) is 4.60. The summed E-state index contributed by atoms with van der Waals surface area (Å²) in [6.45, 7) is 2.72. The van der Waals surface area contributed by atoms with Crippen LogP contribution in [0, 0.1) is 6.92 Å². The van der Waals surface area contributed by atoms with Gasteiger partial charge in [-0.05, 0) is 30.7 Å². The van der Waals surface area contributed by atoms with Crippen LogP contribution in [0.2, 0.25) is 10.0 Å². The summed E-state index contributed by atoms with van der Waals surface area (Å²) in [5.74, 6) is 0.808. The predicted octanol–water partition coefficient (Wildman–Crippen LogP) is 4.50. The molecule has 2 N–H and O–H groups in total. The van der Waals surface area contributed by atoms with Crippen LogP contribution in [0.1, 0.15) is 5.56 Å². The maximum atomic E-state index is 11.8. The SMILES string of the molecule is Cc1ccccc1OCCNC(=O)Nc1cccc(Cl)c1Cl. The minimum absolute atomic E-state index is 0.315. The molecular formula is C16H16Cl2N2O2. The zero-order valence-electron chi connectivity index (χ0n) is 12.0. The molecule has 0 fully saturated rings. The number of rotatable bonds is 5. The third-order valence-electron chi connectivity index (χ3n) is 2.94. The number of hydrogen-bond donors (Lipinski definition) is 2. The van der Waals surface area contributed by atoms with Crippen molar-refractivity contribution >= 4 is 34.9 Å². The van der Waals surface area contributed by atoms with Crippen molar-refractivity contribution in [1.82, 2.24) is 5.32 Å². The quantitative estimate of drug-likeness (QED) is 0.788. The highest BCUT2D eigenvalue weighted by Gasteiger charge is 2.07. The van der Waals surface area contributed by atoms with Gasteiger partial charge in [-0.3, -0.25) is 0 Å². The van der Waals surface area contributed by atoms with E-state index in [1.165, 1.54) is 0 Å². The van der Waals surface area contributed by atoms with Crippen molar-refractivity contribution in [3.05, 3.63) is 58.1 Å². The van der Waals surface area contributed by atoms with Gasteiger partial charge in [-0.15, -0.1) is 0 Å². The van der Waals surface area contributed by atoms with Crippen LogP contribution in [0.3, 0.4) is 0 Å². The number of anilines is 1. The van der Waals surface area contributed by atoms with Gasteiger partial charge >= 0.3 is 6.03 Å². The normalized spacial score (nSPS) is 10.1. The van der Waals surface area contributed by atoms with Crippen molar-refractivity contribution in [3.8, 4) is 5.75 Å². The van der Waals surface area contributed by atoms with Crippen molar-refractivity contribution in [2.75, 3.05) is 18.5 Å². The molecule has 0 aliphatic heterocycles. The van der Waals surface area contributed by atoms with Crippen molar-refractivity contribution in [2.24, 2.45) is 0 Å². The smallest absolute Gasteiger partial charge is 0.319 e. The molecule has 0 bridgehead atoms. The lowest BCUT2D eigenvalue weighted by molar-refractivity contribution is 0.247. The molecule has 0 unspecified atom stereocenters. The van der Waals surface area contributed by atoms with E-state index in [0.29, 0.717) is 28.9 Å². The van der Waals surface area contributed by atoms with Gasteiger partial charge in [-0.25, -0.2) is 4.79 Å². The van der Waals surface area contributed by atoms with Gasteiger partial charge in [0.15, 0.2) is 0 Å². The topological polar surface area (TPSA) is 50.4 Å². The number of amides is 2. The van der Waals surface area contributed by atoms with Crippen LogP contribution in [0.25, 0.3) is 0 Å². The summed E-state index contributed by atoms with van der Waals surface area (Å²) in [5.41, 5.74) is 1.52. The molecule has 0 aliphatic carbocycles. The fourth-order valence-electron chi connectivity index (χ4n) is 1.81. The number of nitrogens with one attached hydrogen (secondary N) is 2. The molecule has 2 aromatic carbocycles. The summed E-state index contributed by atoms with van der Waals surface area (Å²) in [6.07, 6.45) is 0. The van der Waals surface area contributed by atoms with Crippen LogP contribution < -0.4 is 15.4 Å². The fraction of sp³-hybridized carbons (Fsp3) is 0.188. The molecule has 2 amide bonds. The van der Waals surface area contributed by atoms with E-state index < -0.39 is 0 Å². The molecule has 4 nitrogen and oxygen atoms in total. The van der Waals surface area contributed by atoms with E-state index in [4.69, 9.17) is 27.9 Å². The van der Waals surface area contributed by atoms with Gasteiger partial charge < -0.3 is 15.4 Å². The van der Waals surface area contributed by atoms with Crippen LogP contribution in [0.5, 0.6) is 5.75 Å². The van der Waals surface area contributed by atoms with Crippen molar-refractivity contribution in [3.63, 3.8) is 0 Å². The minimum Gasteiger partial charge on any atom is -0.491 e. The molecular weight excluding hydrogens is 323 g/mol. The standard InChI is InChI=1S/C16H16Cl2N2O2/c1-11-5-2-3-8-14(11)22-10-9-19-16(21)20-13-7-4-6-12(17)15(13)18/h2-8H,9-10H2,1H3,(H2,19,20,21). The second kappa shape index (κ2) is 7.92. The van der Waals surface area contributed by atoms with E-state index in [1.807, 2.05) is 31.2 Å². The van der Waals surface area contributed by atoms with E-state index in [0.717, 1.165) is 11.3 Å². The summed E-state index contributed by atoms with van der Waals surface area (Å²) in [7, 11) is 0. The lowest BCUT2D eigenvalue weighted by atomic mass is 10.2. The number of halogens is 2. The number of carbonyl (C=O) groups excluding carboxylic acids is 1. The summed E-state index contributed by atoms with van der Waals surface area (Å²) in [6, 6.07) is 12.4. The maximum absolute atomic E-state index is 11.8. The minimum atomic E-state index is -0.363. The Morgan fingerprint density at radius 1 is 1.14 bits per heavy atom. The van der Waals surface area contributed by atoms with E-state index in [1.54, 1.807) is 18.2 Å². The van der Waals surface area contributed by atoms with Gasteiger partial charge in [0.1, 0.15) is 12.4 Å². The Balaban J connectivity index is 1.76. The Morgan fingerprint density at radius 2 is 1.91 bits per heavy atom. The molecule has 0 heterocycles. The molecule has 22 heavy (non-hydrogen) atoms. The van der Waals surface area contributed by atoms with E-state index in [-0.39, 0.29) is 6.03 Å². The first kappa shape index (κ1) is 16.5. The fourth-order valence-corrected chi connectivity index (χ4v) is 2.16. The van der Waals surface area contributed by atoms with Crippen molar-refractivity contribution < 1.29 is 9.53 Å². The monoisotopic (exact) mass is 338 g/mol. The van der Waals surface area contributed by atoms with Gasteiger partial charge in [-0.2, -0.15) is 0 Å². The Bertz CT molecular complexity index is 662. The van der Waals surface area contributed by atoms with Crippen molar-refractivity contribution in [1.29, 1.82) is 0 Å². The number of urea groups is 1. The lowest BCUT2D eigenvalue weighted by Gasteiger charge is -2.11. The summed E-state index contributed by atoms with van der Waals surface area (Å²) in [4.78, 5) is 11.8. The average Bonchev–Trinajstić information content (AvgIpc) is 2.50. The number of para-hydroxylation sites is 1. The van der Waals surface area contributed by atoms with E-state index >= 15 is 0 Å². The molecule has 0 saturated carbocycles. The molecule has 0 atom stereocenters. The molecule has 0 spiro atoms. The predicted molar refractivity (Wildman–Crippen MR) is 90.2 cm³/mol. The second-order valence-corrected chi connectivity index (χ2v) is 5.38. The Morgan fingerprint density at radius 3 is 2.68 bits per heavy atom. The first-order valence-electron chi connectivity index (χ1n) is 6.75. The van der Waals surface area contributed by atoms with E-state index in [9.17, 15) is 4.79 Å². The first-order valence-corrected chi connectivity index (χ1v) is 7.51. The molecule has 0 aromatic heterocycles. The third kappa shape index (κ3) is 4.55. The highest BCUT2D eigenvalue weighted by atomic mass is 35.5. The molecule has 0 saturated heterocycles. The third-order valence-corrected chi connectivity index (χ3v) is 3.76. The highest BCUT2D eigenvalue weighted by Crippen LogP contribution is 2.29. The number of aryl methyl sites for hydroxylation is 1. The summed E-state index contributed by atoms with van der Waals surface area (Å²) in [5, 5.41) is 6.04. The van der Waals surface area contributed by atoms with E-state index in [2.05, 4.69) is 10.6 Å². The molecule has 6 heteroatoms. The van der Waals surface area contributed by atoms with Crippen LogP contribution in [-0.4, -0.2) is 19.2 Å². The Kier molecular flexibility index (Phi) is 5.92. The van der Waals surface area contributed by atoms with Gasteiger partial charge in [0.25, 0.3) is 0 Å². The molecule has 2 rings (SSSR count). The van der Waals surface area contributed by atoms with Crippen molar-refractivity contribution in [2.45, 2.75) is 6.92 Å². The molecule has 116 valence electrons. The highest BCUT2D eigenvalue weighted by molar-refractivity contribution is 6.43. The van der Waals surface area contributed by atoms with Gasteiger partial charge in [0.2, 0.25) is 0 Å². The number of carbonyl (C=O) groups is 1. The number of hydrogen-bond acceptors (Lipinski definition) is 2. The van der Waals surface area contributed by atoms with Crippen LogP contribution >= 0.6 is 23.2 Å². The Labute approximate surface area is 139 Å². The molecule has 2 aromatic rings. The van der Waals surface area contributed by atoms with Crippen LogP contribution in [0.4, 0.5) is 10.5 Å². The molecule has 0 aliphatic rings. The lowest BCUT2D eigenvalue weighted by Crippen LogP contribution is -2.32. The van der Waals surface area contributed by atoms with Crippen LogP contribution in [-0.2, 0) is 0 Å². The molecule has 0 radical (unpaired) electrons. The van der Waals surface area contributed by atoms with Gasteiger partial charge in [0, 0.05) is 0 Å². The summed E-state index contributed by atoms with van der Waals surface area (Å²) < 4.78 is 5.59. The number of benzene rings is 2. The largest absolute Gasteiger partial charge is 0.491 e. The zero-order valence-corrected chi connectivity index (χ0v) is 13.5. The Hall–Kier alpha value is -1.91. The van der Waals surface area contributed by atoms with Gasteiger partial charge in [0.05, 0.1) is 22.3 Å². The number of ether oxygens (including phenoxy) is 1.